The molecular weight excluding hydrogens is 303 g/mol. The highest BCUT2D eigenvalue weighted by molar-refractivity contribution is 6.08. The fraction of sp³-hybridized carbons (Fsp3) is 0.438. The summed E-state index contributed by atoms with van der Waals surface area (Å²) in [7, 11) is 1.37. The fourth-order valence-corrected chi connectivity index (χ4v) is 2.16. The fourth-order valence-electron chi connectivity index (χ4n) is 2.16. The number of carboxylic acid groups (broad SMARTS) is 1. The molecule has 1 aliphatic rings. The Kier molecular flexibility index (Phi) is 4.68. The van der Waals surface area contributed by atoms with Crippen molar-refractivity contribution in [2.45, 2.75) is 25.8 Å². The number of hydrogen-bond donors (Lipinski definition) is 1. The first-order chi connectivity index (χ1) is 10.7. The van der Waals surface area contributed by atoms with E-state index in [-0.39, 0.29) is 24.3 Å². The number of benzene rings is 1. The minimum absolute atomic E-state index is 0.0307. The first-order valence-corrected chi connectivity index (χ1v) is 7.19. The number of amides is 1. The van der Waals surface area contributed by atoms with Crippen molar-refractivity contribution in [1.29, 1.82) is 0 Å². The summed E-state index contributed by atoms with van der Waals surface area (Å²) in [6.07, 6.45) is -1.17. The molecule has 6 nitrogen and oxygen atoms in total. The molecule has 2 rings (SSSR count). The second-order valence-electron chi connectivity index (χ2n) is 6.09. The van der Waals surface area contributed by atoms with Gasteiger partial charge in [-0.05, 0) is 32.0 Å². The van der Waals surface area contributed by atoms with Gasteiger partial charge in [-0.25, -0.2) is 14.2 Å². The van der Waals surface area contributed by atoms with Gasteiger partial charge >= 0.3 is 6.09 Å². The Morgan fingerprint density at radius 1 is 1.43 bits per heavy atom. The van der Waals surface area contributed by atoms with Crippen LogP contribution in [0.5, 0.6) is 0 Å². The number of rotatable bonds is 5. The summed E-state index contributed by atoms with van der Waals surface area (Å²) >= 11 is 0. The van der Waals surface area contributed by atoms with Crippen LogP contribution < -0.4 is 0 Å². The topological polar surface area (TPSA) is 79.2 Å². The van der Waals surface area contributed by atoms with E-state index in [1.807, 2.05) is 13.8 Å². The molecular formula is C16H19FN2O4. The molecule has 124 valence electrons. The van der Waals surface area contributed by atoms with Crippen LogP contribution in [0.1, 0.15) is 36.2 Å². The van der Waals surface area contributed by atoms with Gasteiger partial charge in [-0.15, -0.1) is 0 Å². The average molecular weight is 322 g/mol. The molecule has 23 heavy (non-hydrogen) atoms. The summed E-state index contributed by atoms with van der Waals surface area (Å²) < 4.78 is 19.1. The zero-order chi connectivity index (χ0) is 17.2. The van der Waals surface area contributed by atoms with Crippen molar-refractivity contribution in [1.82, 2.24) is 4.90 Å². The number of carbonyl (C=O) groups is 2. The van der Waals surface area contributed by atoms with Gasteiger partial charge in [-0.3, -0.25) is 4.79 Å². The highest BCUT2D eigenvalue weighted by Crippen LogP contribution is 2.24. The third kappa shape index (κ3) is 4.06. The zero-order valence-electron chi connectivity index (χ0n) is 13.3. The summed E-state index contributed by atoms with van der Waals surface area (Å²) in [5.41, 5.74) is 0.188. The Morgan fingerprint density at radius 2 is 2.13 bits per heavy atom. The Hall–Kier alpha value is -2.44. The molecule has 0 bridgehead atoms. The Morgan fingerprint density at radius 3 is 2.70 bits per heavy atom. The normalized spacial score (nSPS) is 15.7. The molecule has 7 heteroatoms. The number of ether oxygens (including phenoxy) is 1. The van der Waals surface area contributed by atoms with E-state index < -0.39 is 17.4 Å². The number of carbonyl (C=O) groups excluding carboxylic acids is 1. The van der Waals surface area contributed by atoms with Crippen LogP contribution in [0.4, 0.5) is 9.18 Å². The smallest absolute Gasteiger partial charge is 0.407 e. The molecule has 0 saturated heterocycles. The van der Waals surface area contributed by atoms with Crippen molar-refractivity contribution in [3.8, 4) is 0 Å². The molecule has 1 amide bonds. The molecule has 0 fully saturated rings. The second-order valence-corrected chi connectivity index (χ2v) is 6.09. The molecule has 1 aromatic carbocycles. The monoisotopic (exact) mass is 322 g/mol. The molecule has 0 atom stereocenters. The Labute approximate surface area is 133 Å². The van der Waals surface area contributed by atoms with Crippen LogP contribution in [0.25, 0.3) is 0 Å². The number of nitrogens with zero attached hydrogens (tertiary/aromatic N) is 2. The molecule has 1 aromatic rings. The van der Waals surface area contributed by atoms with E-state index >= 15 is 0 Å². The first-order valence-electron chi connectivity index (χ1n) is 7.19. The van der Waals surface area contributed by atoms with E-state index in [1.165, 1.54) is 19.2 Å². The summed E-state index contributed by atoms with van der Waals surface area (Å²) in [5, 5.41) is 8.81. The second kappa shape index (κ2) is 6.36. The van der Waals surface area contributed by atoms with Gasteiger partial charge in [-0.1, -0.05) is 0 Å². The van der Waals surface area contributed by atoms with Crippen molar-refractivity contribution < 1.29 is 23.8 Å². The van der Waals surface area contributed by atoms with Crippen LogP contribution in [-0.4, -0.2) is 53.5 Å². The molecule has 1 heterocycles. The minimum atomic E-state index is -1.12. The van der Waals surface area contributed by atoms with Crippen molar-refractivity contribution in [3.63, 3.8) is 0 Å². The lowest BCUT2D eigenvalue weighted by atomic mass is 10.0. The van der Waals surface area contributed by atoms with Gasteiger partial charge in [0.2, 0.25) is 5.90 Å². The molecule has 0 saturated carbocycles. The Balaban J connectivity index is 2.26. The number of ketones is 1. The van der Waals surface area contributed by atoms with Gasteiger partial charge in [0.05, 0.1) is 5.54 Å². The summed E-state index contributed by atoms with van der Waals surface area (Å²) in [6.45, 7) is 4.21. The summed E-state index contributed by atoms with van der Waals surface area (Å²) in [5.74, 6) is -0.588. The van der Waals surface area contributed by atoms with E-state index in [0.29, 0.717) is 18.1 Å². The van der Waals surface area contributed by atoms with Crippen molar-refractivity contribution in [3.05, 3.63) is 35.1 Å². The van der Waals surface area contributed by atoms with Gasteiger partial charge < -0.3 is 14.7 Å². The van der Waals surface area contributed by atoms with Crippen LogP contribution in [0.3, 0.4) is 0 Å². The van der Waals surface area contributed by atoms with Crippen molar-refractivity contribution in [2.24, 2.45) is 4.99 Å². The van der Waals surface area contributed by atoms with Gasteiger partial charge in [0.25, 0.3) is 0 Å². The van der Waals surface area contributed by atoms with Crippen molar-refractivity contribution >= 4 is 17.8 Å². The molecule has 0 aromatic heterocycles. The molecule has 1 aliphatic heterocycles. The Bertz CT molecular complexity index is 670. The number of halogens is 1. The third-order valence-corrected chi connectivity index (χ3v) is 3.48. The van der Waals surface area contributed by atoms with Gasteiger partial charge in [0.1, 0.15) is 12.4 Å². The SMILES string of the molecule is CN(CCC(=O)c1cc(F)ccc1C1=NC(C)(C)CO1)C(=O)O. The van der Waals surface area contributed by atoms with E-state index in [4.69, 9.17) is 9.84 Å². The number of aliphatic imine (C=N–C) groups is 1. The lowest BCUT2D eigenvalue weighted by Gasteiger charge is -2.13. The summed E-state index contributed by atoms with van der Waals surface area (Å²) in [6, 6.07) is 3.84. The largest absolute Gasteiger partial charge is 0.475 e. The van der Waals surface area contributed by atoms with Crippen molar-refractivity contribution in [2.75, 3.05) is 20.2 Å². The van der Waals surface area contributed by atoms with E-state index in [2.05, 4.69) is 4.99 Å². The molecule has 0 unspecified atom stereocenters. The van der Waals surface area contributed by atoms with Crippen LogP contribution >= 0.6 is 0 Å². The average Bonchev–Trinajstić information content (AvgIpc) is 2.84. The lowest BCUT2D eigenvalue weighted by Crippen LogP contribution is -2.27. The third-order valence-electron chi connectivity index (χ3n) is 3.48. The highest BCUT2D eigenvalue weighted by Gasteiger charge is 2.29. The number of Topliss-reactive ketones (excluding diaryl/α,β-unsaturated/α-hetero) is 1. The highest BCUT2D eigenvalue weighted by atomic mass is 19.1. The van der Waals surface area contributed by atoms with Crippen LogP contribution in [0.15, 0.2) is 23.2 Å². The van der Waals surface area contributed by atoms with E-state index in [1.54, 1.807) is 0 Å². The number of hydrogen-bond acceptors (Lipinski definition) is 4. The molecule has 0 radical (unpaired) electrons. The predicted octanol–water partition coefficient (Wildman–Crippen LogP) is 2.56. The quantitative estimate of drug-likeness (QED) is 0.845. The maximum absolute atomic E-state index is 13.5. The van der Waals surface area contributed by atoms with Gasteiger partial charge in [-0.2, -0.15) is 0 Å². The molecule has 1 N–H and O–H groups in total. The van der Waals surface area contributed by atoms with Gasteiger partial charge in [0.15, 0.2) is 5.78 Å². The van der Waals surface area contributed by atoms with E-state index in [0.717, 1.165) is 11.0 Å². The predicted molar refractivity (Wildman–Crippen MR) is 82.6 cm³/mol. The summed E-state index contributed by atoms with van der Waals surface area (Å²) in [4.78, 5) is 28.5. The maximum Gasteiger partial charge on any atom is 0.407 e. The van der Waals surface area contributed by atoms with E-state index in [9.17, 15) is 14.0 Å². The van der Waals surface area contributed by atoms with Crippen LogP contribution in [0.2, 0.25) is 0 Å². The van der Waals surface area contributed by atoms with Crippen LogP contribution in [-0.2, 0) is 4.74 Å². The first kappa shape index (κ1) is 16.9. The zero-order valence-corrected chi connectivity index (χ0v) is 13.3. The van der Waals surface area contributed by atoms with Crippen LogP contribution in [0, 0.1) is 5.82 Å². The standard InChI is InChI=1S/C16H19FN2O4/c1-16(2)9-23-14(18-16)11-5-4-10(17)8-12(11)13(20)6-7-19(3)15(21)22/h4-5,8H,6-7,9H2,1-3H3,(H,21,22). The maximum atomic E-state index is 13.5. The lowest BCUT2D eigenvalue weighted by molar-refractivity contribution is 0.0966. The minimum Gasteiger partial charge on any atom is -0.475 e. The molecule has 0 spiro atoms. The van der Waals surface area contributed by atoms with Gasteiger partial charge in [0, 0.05) is 31.1 Å². The molecule has 0 aliphatic carbocycles.